The number of aromatic nitrogens is 2. The Morgan fingerprint density at radius 1 is 0.455 bits per heavy atom. The van der Waals surface area contributed by atoms with E-state index in [1.807, 2.05) is 48.5 Å². The van der Waals surface area contributed by atoms with Crippen LogP contribution in [0.1, 0.15) is 16.7 Å². The van der Waals surface area contributed by atoms with Crippen LogP contribution in [0.2, 0.25) is 0 Å². The minimum Gasteiger partial charge on any atom is -0.309 e. The van der Waals surface area contributed by atoms with Gasteiger partial charge in [-0.05, 0) is 77.9 Å². The Morgan fingerprint density at radius 2 is 1.14 bits per heavy atom. The van der Waals surface area contributed by atoms with E-state index in [0.717, 1.165) is 66.1 Å². The third kappa shape index (κ3) is 3.63. The fourth-order valence-corrected chi connectivity index (χ4v) is 6.54. The second-order valence-electron chi connectivity index (χ2n) is 10.8. The Kier molecular flexibility index (Phi) is 5.56. The zero-order valence-corrected chi connectivity index (χ0v) is 23.4. The zero-order valence-electron chi connectivity index (χ0n) is 23.4. The standard InChI is InChI=1S/C39H21N5/c40-22-25-7-5-8-29(20-25)43-35-12-3-1-9-31(35)33-21-27(16-18-37(33)43)30-11-6-14-38-39(30)32-10-2-4-13-36(32)44(38)34-17-15-26(23-41)19-28(34)24-42/h1-21H. The number of rotatable bonds is 3. The maximum absolute atomic E-state index is 10.0. The molecular weight excluding hydrogens is 538 g/mol. The lowest BCUT2D eigenvalue weighted by Gasteiger charge is -2.11. The van der Waals surface area contributed by atoms with E-state index in [9.17, 15) is 15.8 Å². The molecule has 0 saturated carbocycles. The molecule has 0 spiro atoms. The van der Waals surface area contributed by atoms with Crippen molar-refractivity contribution in [2.24, 2.45) is 0 Å². The first kappa shape index (κ1) is 25.1. The van der Waals surface area contributed by atoms with Crippen LogP contribution >= 0.6 is 0 Å². The summed E-state index contributed by atoms with van der Waals surface area (Å²) in [5.41, 5.74) is 9.52. The quantitative estimate of drug-likeness (QED) is 0.216. The summed E-state index contributed by atoms with van der Waals surface area (Å²) in [6.45, 7) is 0. The van der Waals surface area contributed by atoms with Crippen molar-refractivity contribution >= 4 is 43.6 Å². The molecule has 0 aliphatic carbocycles. The van der Waals surface area contributed by atoms with Crippen LogP contribution in [0.25, 0.3) is 66.1 Å². The third-order valence-corrected chi connectivity index (χ3v) is 8.40. The predicted octanol–water partition coefficient (Wildman–Crippen LogP) is 9.16. The SMILES string of the molecule is N#Cc1cccc(-n2c3ccccc3c3cc(-c4cccc5c4c4ccccc4n5-c4ccc(C#N)cc4C#N)ccc32)c1. The van der Waals surface area contributed by atoms with E-state index in [-0.39, 0.29) is 0 Å². The molecule has 2 aromatic heterocycles. The van der Waals surface area contributed by atoms with Gasteiger partial charge in [-0.15, -0.1) is 0 Å². The molecule has 2 heterocycles. The molecule has 8 rings (SSSR count). The first-order valence-electron chi connectivity index (χ1n) is 14.2. The maximum atomic E-state index is 10.0. The van der Waals surface area contributed by atoms with Crippen molar-refractivity contribution < 1.29 is 0 Å². The van der Waals surface area contributed by atoms with Gasteiger partial charge in [-0.25, -0.2) is 0 Å². The van der Waals surface area contributed by atoms with E-state index < -0.39 is 0 Å². The van der Waals surface area contributed by atoms with Crippen LogP contribution in [-0.4, -0.2) is 9.13 Å². The van der Waals surface area contributed by atoms with Crippen molar-refractivity contribution in [2.75, 3.05) is 0 Å². The summed E-state index contributed by atoms with van der Waals surface area (Å²) in [5, 5.41) is 33.5. The molecule has 0 aliphatic rings. The molecule has 0 N–H and O–H groups in total. The summed E-state index contributed by atoms with van der Waals surface area (Å²) < 4.78 is 4.34. The highest BCUT2D eigenvalue weighted by Crippen LogP contribution is 2.41. The van der Waals surface area contributed by atoms with Gasteiger partial charge in [-0.3, -0.25) is 0 Å². The van der Waals surface area contributed by atoms with Crippen LogP contribution in [-0.2, 0) is 0 Å². The Balaban J connectivity index is 1.41. The van der Waals surface area contributed by atoms with Crippen LogP contribution in [0.3, 0.4) is 0 Å². The fraction of sp³-hybridized carbons (Fsp3) is 0. The van der Waals surface area contributed by atoms with E-state index in [1.165, 1.54) is 0 Å². The molecule has 0 amide bonds. The molecule has 0 unspecified atom stereocenters. The number of nitrogens with zero attached hydrogens (tertiary/aromatic N) is 5. The third-order valence-electron chi connectivity index (χ3n) is 8.40. The van der Waals surface area contributed by atoms with Gasteiger partial charge in [0, 0.05) is 27.2 Å². The van der Waals surface area contributed by atoms with Crippen molar-refractivity contribution in [3.63, 3.8) is 0 Å². The largest absolute Gasteiger partial charge is 0.309 e. The molecule has 6 aromatic carbocycles. The van der Waals surface area contributed by atoms with Crippen molar-refractivity contribution in [1.82, 2.24) is 9.13 Å². The van der Waals surface area contributed by atoms with E-state index in [1.54, 1.807) is 12.1 Å². The van der Waals surface area contributed by atoms with Gasteiger partial charge in [0.25, 0.3) is 0 Å². The second kappa shape index (κ2) is 9.74. The lowest BCUT2D eigenvalue weighted by atomic mass is 9.98. The molecule has 5 nitrogen and oxygen atoms in total. The van der Waals surface area contributed by atoms with E-state index in [2.05, 4.69) is 94.1 Å². The Hall–Kier alpha value is -6.61. The van der Waals surface area contributed by atoms with Crippen LogP contribution in [0, 0.1) is 34.0 Å². The molecule has 0 atom stereocenters. The van der Waals surface area contributed by atoms with Gasteiger partial charge >= 0.3 is 0 Å². The van der Waals surface area contributed by atoms with E-state index in [0.29, 0.717) is 16.7 Å². The highest BCUT2D eigenvalue weighted by molar-refractivity contribution is 6.17. The van der Waals surface area contributed by atoms with Crippen LogP contribution in [0.15, 0.2) is 127 Å². The van der Waals surface area contributed by atoms with Crippen molar-refractivity contribution in [2.45, 2.75) is 0 Å². The van der Waals surface area contributed by atoms with Crippen molar-refractivity contribution in [3.8, 4) is 40.7 Å². The summed E-state index contributed by atoms with van der Waals surface area (Å²) in [7, 11) is 0. The van der Waals surface area contributed by atoms with Gasteiger partial charge < -0.3 is 9.13 Å². The van der Waals surface area contributed by atoms with Gasteiger partial charge in [0.05, 0.1) is 56.6 Å². The predicted molar refractivity (Wildman–Crippen MR) is 175 cm³/mol. The second-order valence-corrected chi connectivity index (χ2v) is 10.8. The molecule has 44 heavy (non-hydrogen) atoms. The lowest BCUT2D eigenvalue weighted by molar-refractivity contribution is 1.16. The summed E-state index contributed by atoms with van der Waals surface area (Å²) in [6.07, 6.45) is 0. The number of para-hydroxylation sites is 2. The maximum Gasteiger partial charge on any atom is 0.101 e. The Labute approximate surface area is 252 Å². The molecular formula is C39H21N5. The topological polar surface area (TPSA) is 81.2 Å². The molecule has 8 aromatic rings. The molecule has 0 fully saturated rings. The summed E-state index contributed by atoms with van der Waals surface area (Å²) >= 11 is 0. The zero-order chi connectivity index (χ0) is 29.8. The normalized spacial score (nSPS) is 11.1. The molecule has 0 saturated heterocycles. The average Bonchev–Trinajstić information content (AvgIpc) is 3.60. The molecule has 202 valence electrons. The fourth-order valence-electron chi connectivity index (χ4n) is 6.54. The minimum absolute atomic E-state index is 0.451. The average molecular weight is 560 g/mol. The molecule has 0 radical (unpaired) electrons. The first-order chi connectivity index (χ1) is 21.7. The minimum atomic E-state index is 0.451. The number of benzene rings is 6. The Morgan fingerprint density at radius 3 is 1.93 bits per heavy atom. The lowest BCUT2D eigenvalue weighted by Crippen LogP contribution is -1.98. The van der Waals surface area contributed by atoms with Crippen LogP contribution in [0.4, 0.5) is 0 Å². The summed E-state index contributed by atoms with van der Waals surface area (Å²) in [5.74, 6) is 0. The smallest absolute Gasteiger partial charge is 0.101 e. The summed E-state index contributed by atoms with van der Waals surface area (Å²) in [6, 6.07) is 49.2. The molecule has 0 aliphatic heterocycles. The number of hydrogen-bond donors (Lipinski definition) is 0. The monoisotopic (exact) mass is 559 g/mol. The van der Waals surface area contributed by atoms with Gasteiger partial charge in [0.1, 0.15) is 6.07 Å². The van der Waals surface area contributed by atoms with Crippen LogP contribution < -0.4 is 0 Å². The highest BCUT2D eigenvalue weighted by Gasteiger charge is 2.19. The van der Waals surface area contributed by atoms with E-state index in [4.69, 9.17) is 0 Å². The summed E-state index contributed by atoms with van der Waals surface area (Å²) in [4.78, 5) is 0. The van der Waals surface area contributed by atoms with Gasteiger partial charge in [-0.1, -0.05) is 60.7 Å². The van der Waals surface area contributed by atoms with Crippen LogP contribution in [0.5, 0.6) is 0 Å². The molecule has 0 bridgehead atoms. The van der Waals surface area contributed by atoms with Gasteiger partial charge in [0.2, 0.25) is 0 Å². The van der Waals surface area contributed by atoms with E-state index >= 15 is 0 Å². The van der Waals surface area contributed by atoms with Crippen molar-refractivity contribution in [3.05, 3.63) is 144 Å². The van der Waals surface area contributed by atoms with Gasteiger partial charge in [-0.2, -0.15) is 15.8 Å². The Bertz CT molecular complexity index is 2600. The molecule has 5 heteroatoms. The highest BCUT2D eigenvalue weighted by atomic mass is 15.0. The van der Waals surface area contributed by atoms with Gasteiger partial charge in [0.15, 0.2) is 0 Å². The first-order valence-corrected chi connectivity index (χ1v) is 14.2. The number of hydrogen-bond acceptors (Lipinski definition) is 3. The number of nitriles is 3. The van der Waals surface area contributed by atoms with Crippen molar-refractivity contribution in [1.29, 1.82) is 15.8 Å². The number of fused-ring (bicyclic) bond motifs is 6.